The van der Waals surface area contributed by atoms with Gasteiger partial charge < -0.3 is 14.8 Å². The highest BCUT2D eigenvalue weighted by molar-refractivity contribution is 7.92. The van der Waals surface area contributed by atoms with Crippen molar-refractivity contribution in [1.29, 1.82) is 0 Å². The fourth-order valence-electron chi connectivity index (χ4n) is 3.47. The SMILES string of the molecule is CNC(=O)c1ccc(NC(=O)Oc2ncc(C(F)(F)F)c(N(Cc3nccnc3N(C)S(C)(=O)=O)C(=O)OC(C)(C)C)n2)cc1. The van der Waals surface area contributed by atoms with Crippen molar-refractivity contribution in [2.45, 2.75) is 39.1 Å². The second-order valence-corrected chi connectivity index (χ2v) is 12.2. The van der Waals surface area contributed by atoms with Crippen molar-refractivity contribution in [3.63, 3.8) is 0 Å². The molecular weight excluding hydrogens is 625 g/mol. The molecule has 19 heteroatoms. The van der Waals surface area contributed by atoms with Gasteiger partial charge in [-0.2, -0.15) is 18.2 Å². The lowest BCUT2D eigenvalue weighted by Crippen LogP contribution is -2.39. The van der Waals surface area contributed by atoms with Crippen LogP contribution in [0.25, 0.3) is 0 Å². The van der Waals surface area contributed by atoms with Crippen LogP contribution in [0.2, 0.25) is 0 Å². The average Bonchev–Trinajstić information content (AvgIpc) is 2.93. The molecule has 0 aliphatic rings. The van der Waals surface area contributed by atoms with Crippen LogP contribution in [0, 0.1) is 0 Å². The summed E-state index contributed by atoms with van der Waals surface area (Å²) >= 11 is 0. The second-order valence-electron chi connectivity index (χ2n) is 10.2. The summed E-state index contributed by atoms with van der Waals surface area (Å²) in [5.74, 6) is -1.74. The number of aromatic nitrogens is 4. The number of carbonyl (C=O) groups is 3. The molecule has 0 spiro atoms. The van der Waals surface area contributed by atoms with E-state index in [2.05, 4.69) is 30.6 Å². The fraction of sp³-hybridized carbons (Fsp3) is 0.346. The van der Waals surface area contributed by atoms with E-state index < -0.39 is 57.9 Å². The first kappa shape index (κ1) is 34.4. The number of ether oxygens (including phenoxy) is 2. The zero-order chi connectivity index (χ0) is 33.7. The summed E-state index contributed by atoms with van der Waals surface area (Å²) in [6.07, 6.45) is -4.17. The number of nitrogens with one attached hydrogen (secondary N) is 2. The number of carbonyl (C=O) groups excluding carboxylic acids is 3. The highest BCUT2D eigenvalue weighted by Gasteiger charge is 2.40. The van der Waals surface area contributed by atoms with Crippen LogP contribution in [0.1, 0.15) is 42.4 Å². The summed E-state index contributed by atoms with van der Waals surface area (Å²) in [5.41, 5.74) is -2.47. The van der Waals surface area contributed by atoms with Crippen LogP contribution >= 0.6 is 0 Å². The number of alkyl halides is 3. The Morgan fingerprint density at radius 3 is 2.16 bits per heavy atom. The van der Waals surface area contributed by atoms with Gasteiger partial charge in [0.05, 0.1) is 12.8 Å². The van der Waals surface area contributed by atoms with Gasteiger partial charge in [-0.25, -0.2) is 28.0 Å². The van der Waals surface area contributed by atoms with E-state index >= 15 is 0 Å². The first-order chi connectivity index (χ1) is 20.8. The predicted octanol–water partition coefficient (Wildman–Crippen LogP) is 3.59. The number of amides is 3. The van der Waals surface area contributed by atoms with E-state index in [4.69, 9.17) is 9.47 Å². The molecule has 0 aliphatic carbocycles. The maximum Gasteiger partial charge on any atom is 0.421 e. The number of sulfonamides is 1. The van der Waals surface area contributed by atoms with Gasteiger partial charge in [-0.15, -0.1) is 0 Å². The standard InChI is InChI=1S/C26H29F3N8O7S/c1-25(2,3)44-24(40)37(14-18-20(32-12-11-31-18)36(5)45(6,41)42)19-17(26(27,28)29)13-33-22(35-19)43-23(39)34-16-9-7-15(8-10-16)21(38)30-4/h7-13H,14H2,1-6H3,(H,30,38)(H,34,39). The van der Waals surface area contributed by atoms with E-state index in [-0.39, 0.29) is 23.1 Å². The Hall–Kier alpha value is -5.07. The van der Waals surface area contributed by atoms with Gasteiger partial charge in [0.15, 0.2) is 11.6 Å². The maximum absolute atomic E-state index is 14.2. The molecular formula is C26H29F3N8O7S. The summed E-state index contributed by atoms with van der Waals surface area (Å²) < 4.78 is 78.0. The molecule has 3 amide bonds. The Bertz CT molecular complexity index is 1680. The van der Waals surface area contributed by atoms with Crippen molar-refractivity contribution in [3.8, 4) is 6.01 Å². The third-order valence-electron chi connectivity index (χ3n) is 5.58. The zero-order valence-electron chi connectivity index (χ0n) is 24.8. The summed E-state index contributed by atoms with van der Waals surface area (Å²) in [6.45, 7) is 3.61. The minimum Gasteiger partial charge on any atom is -0.443 e. The topological polar surface area (TPSA) is 186 Å². The van der Waals surface area contributed by atoms with Gasteiger partial charge >= 0.3 is 24.4 Å². The van der Waals surface area contributed by atoms with Crippen molar-refractivity contribution >= 4 is 45.4 Å². The van der Waals surface area contributed by atoms with Crippen molar-refractivity contribution in [2.24, 2.45) is 0 Å². The van der Waals surface area contributed by atoms with E-state index in [9.17, 15) is 36.0 Å². The van der Waals surface area contributed by atoms with E-state index in [0.29, 0.717) is 16.7 Å². The van der Waals surface area contributed by atoms with E-state index in [0.717, 1.165) is 30.0 Å². The average molecular weight is 655 g/mol. The first-order valence-electron chi connectivity index (χ1n) is 12.8. The minimum absolute atomic E-state index is 0.167. The molecule has 45 heavy (non-hydrogen) atoms. The number of benzene rings is 1. The van der Waals surface area contributed by atoms with E-state index in [1.165, 1.54) is 52.1 Å². The second kappa shape index (κ2) is 13.3. The zero-order valence-corrected chi connectivity index (χ0v) is 25.6. The molecule has 2 aromatic heterocycles. The summed E-state index contributed by atoms with van der Waals surface area (Å²) in [5, 5.41) is 4.75. The van der Waals surface area contributed by atoms with Gasteiger partial charge in [0.25, 0.3) is 5.91 Å². The van der Waals surface area contributed by atoms with Gasteiger partial charge in [-0.3, -0.25) is 24.3 Å². The van der Waals surface area contributed by atoms with Gasteiger partial charge in [-0.05, 0) is 45.0 Å². The number of hydrogen-bond donors (Lipinski definition) is 2. The molecule has 0 saturated carbocycles. The van der Waals surface area contributed by atoms with Crippen LogP contribution < -0.4 is 24.6 Å². The molecule has 3 rings (SSSR count). The largest absolute Gasteiger partial charge is 0.443 e. The minimum atomic E-state index is -5.11. The molecule has 0 unspecified atom stereocenters. The summed E-state index contributed by atoms with van der Waals surface area (Å²) in [6, 6.07) is 4.69. The van der Waals surface area contributed by atoms with Crippen LogP contribution in [0.5, 0.6) is 6.01 Å². The van der Waals surface area contributed by atoms with Crippen LogP contribution in [0.3, 0.4) is 0 Å². The molecule has 0 radical (unpaired) electrons. The van der Waals surface area contributed by atoms with Crippen molar-refractivity contribution < 1.29 is 45.4 Å². The molecule has 2 N–H and O–H groups in total. The fourth-order valence-corrected chi connectivity index (χ4v) is 3.94. The molecule has 0 atom stereocenters. The Labute approximate surface area is 255 Å². The van der Waals surface area contributed by atoms with Crippen LogP contribution in [0.15, 0.2) is 42.9 Å². The van der Waals surface area contributed by atoms with Gasteiger partial charge in [0.2, 0.25) is 10.0 Å². The van der Waals surface area contributed by atoms with Gasteiger partial charge in [-0.1, -0.05) is 0 Å². The predicted molar refractivity (Wildman–Crippen MR) is 154 cm³/mol. The quantitative estimate of drug-likeness (QED) is 0.362. The lowest BCUT2D eigenvalue weighted by atomic mass is 10.2. The molecule has 3 aromatic rings. The molecule has 242 valence electrons. The maximum atomic E-state index is 14.2. The van der Waals surface area contributed by atoms with Crippen molar-refractivity contribution in [3.05, 3.63) is 59.7 Å². The molecule has 2 heterocycles. The van der Waals surface area contributed by atoms with E-state index in [1.54, 1.807) is 0 Å². The smallest absolute Gasteiger partial charge is 0.421 e. The van der Waals surface area contributed by atoms with Crippen LogP contribution in [-0.2, 0) is 27.5 Å². The Balaban J connectivity index is 2.05. The third-order valence-corrected chi connectivity index (χ3v) is 6.75. The molecule has 0 bridgehead atoms. The monoisotopic (exact) mass is 654 g/mol. The summed E-state index contributed by atoms with van der Waals surface area (Å²) in [4.78, 5) is 53.2. The lowest BCUT2D eigenvalue weighted by molar-refractivity contribution is -0.137. The van der Waals surface area contributed by atoms with Gasteiger partial charge in [0.1, 0.15) is 16.9 Å². The summed E-state index contributed by atoms with van der Waals surface area (Å²) in [7, 11) is -1.33. The Morgan fingerprint density at radius 1 is 0.978 bits per heavy atom. The van der Waals surface area contributed by atoms with Crippen molar-refractivity contribution in [1.82, 2.24) is 25.3 Å². The lowest BCUT2D eigenvalue weighted by Gasteiger charge is -2.29. The first-order valence-corrected chi connectivity index (χ1v) is 14.6. The molecule has 0 aliphatic heterocycles. The third kappa shape index (κ3) is 9.21. The molecule has 0 saturated heterocycles. The number of rotatable bonds is 8. The molecule has 1 aromatic carbocycles. The number of hydrogen-bond acceptors (Lipinski definition) is 11. The normalized spacial score (nSPS) is 11.8. The number of halogens is 3. The number of nitrogens with zero attached hydrogens (tertiary/aromatic N) is 6. The molecule has 15 nitrogen and oxygen atoms in total. The van der Waals surface area contributed by atoms with Crippen LogP contribution in [-0.4, -0.2) is 72.4 Å². The molecule has 0 fully saturated rings. The Morgan fingerprint density at radius 2 is 1.60 bits per heavy atom. The van der Waals surface area contributed by atoms with E-state index in [1.807, 2.05) is 0 Å². The van der Waals surface area contributed by atoms with Gasteiger partial charge in [0, 0.05) is 43.9 Å². The highest BCUT2D eigenvalue weighted by atomic mass is 32.2. The highest BCUT2D eigenvalue weighted by Crippen LogP contribution is 2.37. The number of anilines is 3. The Kier molecular flexibility index (Phi) is 10.2. The van der Waals surface area contributed by atoms with Crippen LogP contribution in [0.4, 0.5) is 40.1 Å². The van der Waals surface area contributed by atoms with Crippen molar-refractivity contribution in [2.75, 3.05) is 34.9 Å².